The minimum Gasteiger partial charge on any atom is -0.387 e. The Balaban J connectivity index is 2.27. The standard InChI is InChI=1S/C22H27N5O2/c1-26-19(28)15-5-7-17-13(11-15)3-4-14-12-16(20(29)27-2)6-8-18(14)22(17,9-10-23)21(24)25/h5-8,11-12H,3-4,9-10,23H2,1-2H3,(H3,24,25)(H,26,28)(H,27,29). The third-order valence-electron chi connectivity index (χ3n) is 5.75. The van der Waals surface area contributed by atoms with Gasteiger partial charge in [0.2, 0.25) is 0 Å². The van der Waals surface area contributed by atoms with E-state index in [1.165, 1.54) is 0 Å². The van der Waals surface area contributed by atoms with E-state index in [1.807, 2.05) is 24.3 Å². The second-order valence-electron chi connectivity index (χ2n) is 7.26. The van der Waals surface area contributed by atoms with Crippen LogP contribution in [0.4, 0.5) is 0 Å². The zero-order valence-corrected chi connectivity index (χ0v) is 16.8. The topological polar surface area (TPSA) is 134 Å². The summed E-state index contributed by atoms with van der Waals surface area (Å²) in [4.78, 5) is 24.3. The molecule has 7 N–H and O–H groups in total. The third kappa shape index (κ3) is 3.38. The summed E-state index contributed by atoms with van der Waals surface area (Å²) in [7, 11) is 3.19. The highest BCUT2D eigenvalue weighted by molar-refractivity contribution is 5.98. The van der Waals surface area contributed by atoms with Crippen molar-refractivity contribution in [1.82, 2.24) is 10.6 Å². The normalized spacial score (nSPS) is 14.2. The van der Waals surface area contributed by atoms with Crippen LogP contribution in [0, 0.1) is 5.41 Å². The Hall–Kier alpha value is -3.19. The lowest BCUT2D eigenvalue weighted by molar-refractivity contribution is 0.0955. The van der Waals surface area contributed by atoms with Crippen LogP contribution in [0.15, 0.2) is 36.4 Å². The van der Waals surface area contributed by atoms with Crippen LogP contribution >= 0.6 is 0 Å². The average Bonchev–Trinajstić information content (AvgIpc) is 2.87. The maximum Gasteiger partial charge on any atom is 0.251 e. The third-order valence-corrected chi connectivity index (χ3v) is 5.75. The summed E-state index contributed by atoms with van der Waals surface area (Å²) in [6.07, 6.45) is 1.80. The van der Waals surface area contributed by atoms with Crippen LogP contribution in [0.3, 0.4) is 0 Å². The van der Waals surface area contributed by atoms with Crippen LogP contribution in [0.2, 0.25) is 0 Å². The molecule has 7 nitrogen and oxygen atoms in total. The molecule has 0 saturated heterocycles. The maximum atomic E-state index is 12.1. The first kappa shape index (κ1) is 20.5. The highest BCUT2D eigenvalue weighted by Crippen LogP contribution is 2.42. The van der Waals surface area contributed by atoms with Gasteiger partial charge in [-0.2, -0.15) is 0 Å². The predicted octanol–water partition coefficient (Wildman–Crippen LogP) is 1.08. The van der Waals surface area contributed by atoms with Crippen molar-refractivity contribution < 1.29 is 9.59 Å². The number of nitrogens with two attached hydrogens (primary N) is 2. The Bertz CT molecular complexity index is 916. The van der Waals surface area contributed by atoms with Crippen molar-refractivity contribution in [2.75, 3.05) is 20.6 Å². The number of benzene rings is 2. The molecule has 0 unspecified atom stereocenters. The van der Waals surface area contributed by atoms with Gasteiger partial charge in [-0.3, -0.25) is 15.0 Å². The Morgan fingerprint density at radius 2 is 1.41 bits per heavy atom. The summed E-state index contributed by atoms with van der Waals surface area (Å²) in [6.45, 7) is 0.340. The minimum absolute atomic E-state index is 0.00716. The van der Waals surface area contributed by atoms with Gasteiger partial charge >= 0.3 is 0 Å². The van der Waals surface area contributed by atoms with E-state index in [-0.39, 0.29) is 17.6 Å². The van der Waals surface area contributed by atoms with Crippen molar-refractivity contribution in [3.05, 3.63) is 69.8 Å². The van der Waals surface area contributed by atoms with Gasteiger partial charge in [0.05, 0.1) is 5.41 Å². The van der Waals surface area contributed by atoms with Gasteiger partial charge in [-0.25, -0.2) is 0 Å². The highest BCUT2D eigenvalue weighted by Gasteiger charge is 2.42. The number of aryl methyl sites for hydroxylation is 2. The number of hydrogen-bond donors (Lipinski definition) is 5. The van der Waals surface area contributed by atoms with E-state index in [4.69, 9.17) is 16.9 Å². The number of hydrogen-bond acceptors (Lipinski definition) is 4. The van der Waals surface area contributed by atoms with E-state index >= 15 is 0 Å². The number of rotatable bonds is 5. The molecule has 0 radical (unpaired) electrons. The van der Waals surface area contributed by atoms with Gasteiger partial charge in [0, 0.05) is 25.2 Å². The molecule has 0 heterocycles. The van der Waals surface area contributed by atoms with Gasteiger partial charge in [-0.1, -0.05) is 12.1 Å². The second-order valence-corrected chi connectivity index (χ2v) is 7.26. The molecule has 0 atom stereocenters. The Morgan fingerprint density at radius 1 is 0.966 bits per heavy atom. The van der Waals surface area contributed by atoms with Crippen molar-refractivity contribution in [3.8, 4) is 0 Å². The molecule has 3 rings (SSSR count). The summed E-state index contributed by atoms with van der Waals surface area (Å²) in [5, 5.41) is 13.8. The number of amides is 2. The molecule has 1 aliphatic rings. The molecule has 152 valence electrons. The monoisotopic (exact) mass is 393 g/mol. The molecular formula is C22H27N5O2. The Kier molecular flexibility index (Phi) is 5.70. The van der Waals surface area contributed by atoms with Gasteiger partial charge in [-0.15, -0.1) is 0 Å². The number of fused-ring (bicyclic) bond motifs is 2. The number of amidine groups is 1. The largest absolute Gasteiger partial charge is 0.387 e. The van der Waals surface area contributed by atoms with Crippen LogP contribution in [0.1, 0.15) is 49.4 Å². The first-order valence-corrected chi connectivity index (χ1v) is 9.64. The molecule has 7 heteroatoms. The van der Waals surface area contributed by atoms with Crippen molar-refractivity contribution in [2.24, 2.45) is 11.5 Å². The summed E-state index contributed by atoms with van der Waals surface area (Å²) < 4.78 is 0. The average molecular weight is 393 g/mol. The van der Waals surface area contributed by atoms with E-state index in [0.29, 0.717) is 36.9 Å². The second kappa shape index (κ2) is 8.05. The van der Waals surface area contributed by atoms with Gasteiger partial charge in [0.15, 0.2) is 0 Å². The summed E-state index contributed by atoms with van der Waals surface area (Å²) >= 11 is 0. The number of nitrogens with one attached hydrogen (secondary N) is 3. The molecule has 0 aromatic heterocycles. The number of carbonyl (C=O) groups excluding carboxylic acids is 2. The van der Waals surface area contributed by atoms with E-state index < -0.39 is 5.41 Å². The zero-order valence-electron chi connectivity index (χ0n) is 16.8. The van der Waals surface area contributed by atoms with Gasteiger partial charge < -0.3 is 22.1 Å². The van der Waals surface area contributed by atoms with E-state index in [9.17, 15) is 9.59 Å². The minimum atomic E-state index is -0.891. The quantitative estimate of drug-likeness (QED) is 0.384. The molecule has 1 aliphatic carbocycles. The molecule has 0 aliphatic heterocycles. The molecule has 0 saturated carbocycles. The fourth-order valence-electron chi connectivity index (χ4n) is 4.33. The van der Waals surface area contributed by atoms with Crippen LogP contribution < -0.4 is 22.1 Å². The lowest BCUT2D eigenvalue weighted by Gasteiger charge is -2.35. The fourth-order valence-corrected chi connectivity index (χ4v) is 4.33. The van der Waals surface area contributed by atoms with Gasteiger partial charge in [0.25, 0.3) is 11.8 Å². The van der Waals surface area contributed by atoms with Crippen molar-refractivity contribution >= 4 is 17.6 Å². The zero-order chi connectivity index (χ0) is 21.2. The van der Waals surface area contributed by atoms with Crippen LogP contribution in [-0.4, -0.2) is 38.3 Å². The van der Waals surface area contributed by atoms with Gasteiger partial charge in [-0.05, 0) is 72.3 Å². The van der Waals surface area contributed by atoms with Crippen LogP contribution in [-0.2, 0) is 18.3 Å². The molecule has 0 spiro atoms. The predicted molar refractivity (Wildman–Crippen MR) is 113 cm³/mol. The SMILES string of the molecule is CNC(=O)c1ccc2c(c1)CCc1cc(C(=O)NC)ccc1C2(CCN)C(=N)N. The van der Waals surface area contributed by atoms with E-state index in [1.54, 1.807) is 26.2 Å². The lowest BCUT2D eigenvalue weighted by Crippen LogP contribution is -2.44. The fraction of sp³-hybridized carbons (Fsp3) is 0.318. The smallest absolute Gasteiger partial charge is 0.251 e. The maximum absolute atomic E-state index is 12.1. The summed E-state index contributed by atoms with van der Waals surface area (Å²) in [6, 6.07) is 11.0. The van der Waals surface area contributed by atoms with Crippen molar-refractivity contribution in [2.45, 2.75) is 24.7 Å². The van der Waals surface area contributed by atoms with E-state index in [0.717, 1.165) is 22.3 Å². The summed E-state index contributed by atoms with van der Waals surface area (Å²) in [5.74, 6) is -0.319. The summed E-state index contributed by atoms with van der Waals surface area (Å²) in [5.41, 5.74) is 16.1. The molecule has 2 aromatic carbocycles. The van der Waals surface area contributed by atoms with Gasteiger partial charge in [0.1, 0.15) is 5.84 Å². The first-order chi connectivity index (χ1) is 13.9. The molecule has 29 heavy (non-hydrogen) atoms. The molecular weight excluding hydrogens is 366 g/mol. The highest BCUT2D eigenvalue weighted by atomic mass is 16.2. The van der Waals surface area contributed by atoms with Crippen LogP contribution in [0.5, 0.6) is 0 Å². The molecule has 0 fully saturated rings. The van der Waals surface area contributed by atoms with Crippen molar-refractivity contribution in [3.63, 3.8) is 0 Å². The molecule has 2 aromatic rings. The Morgan fingerprint density at radius 3 is 1.76 bits per heavy atom. The van der Waals surface area contributed by atoms with Crippen LogP contribution in [0.25, 0.3) is 0 Å². The molecule has 2 amide bonds. The molecule has 0 bridgehead atoms. The Labute approximate surface area is 170 Å². The van der Waals surface area contributed by atoms with E-state index in [2.05, 4.69) is 10.6 Å². The first-order valence-electron chi connectivity index (χ1n) is 9.64. The van der Waals surface area contributed by atoms with Crippen molar-refractivity contribution in [1.29, 1.82) is 5.41 Å². The lowest BCUT2D eigenvalue weighted by atomic mass is 9.69. The number of carbonyl (C=O) groups is 2.